The number of benzene rings is 1. The number of carbonyl (C=O) groups is 2. The minimum absolute atomic E-state index is 0.0552. The van der Waals surface area contributed by atoms with Gasteiger partial charge in [0, 0.05) is 19.5 Å². The Morgan fingerprint density at radius 3 is 2.78 bits per heavy atom. The number of nitrogens with one attached hydrogen (secondary N) is 1. The lowest BCUT2D eigenvalue weighted by atomic mass is 10.0. The highest BCUT2D eigenvalue weighted by molar-refractivity contribution is 5.89. The quantitative estimate of drug-likeness (QED) is 0.913. The van der Waals surface area contributed by atoms with E-state index in [1.807, 2.05) is 32.0 Å². The summed E-state index contributed by atoms with van der Waals surface area (Å²) in [5.41, 5.74) is 0.958. The smallest absolute Gasteiger partial charge is 0.225 e. The van der Waals surface area contributed by atoms with Crippen molar-refractivity contribution in [1.29, 1.82) is 0 Å². The van der Waals surface area contributed by atoms with Crippen molar-refractivity contribution in [2.24, 2.45) is 5.92 Å². The van der Waals surface area contributed by atoms with Crippen LogP contribution in [0.4, 0.5) is 0 Å². The van der Waals surface area contributed by atoms with E-state index in [0.29, 0.717) is 38.5 Å². The number of nitrogens with zero attached hydrogens (tertiary/aromatic N) is 1. The number of fused-ring (bicyclic) bond motifs is 1. The summed E-state index contributed by atoms with van der Waals surface area (Å²) in [5.74, 6) is 1.17. The average Bonchev–Trinajstić information content (AvgIpc) is 2.95. The second-order valence-corrected chi connectivity index (χ2v) is 5.97. The SMILES string of the molecule is CCN1C[C@H](C(=O)N[C@H](C)c2ccc3c(c2)OCCO3)CC1=O. The molecule has 3 rings (SSSR count). The fraction of sp³-hybridized carbons (Fsp3) is 0.529. The van der Waals surface area contributed by atoms with Crippen LogP contribution in [0, 0.1) is 5.92 Å². The number of ether oxygens (including phenoxy) is 2. The third kappa shape index (κ3) is 3.25. The van der Waals surface area contributed by atoms with Crippen LogP contribution >= 0.6 is 0 Å². The summed E-state index contributed by atoms with van der Waals surface area (Å²) in [6.07, 6.45) is 0.299. The molecule has 6 heteroatoms. The largest absolute Gasteiger partial charge is 0.486 e. The van der Waals surface area contributed by atoms with E-state index in [2.05, 4.69) is 5.32 Å². The molecule has 1 fully saturated rings. The molecule has 0 aliphatic carbocycles. The highest BCUT2D eigenvalue weighted by Crippen LogP contribution is 2.32. The van der Waals surface area contributed by atoms with Gasteiger partial charge in [-0.05, 0) is 31.5 Å². The molecule has 0 aromatic heterocycles. The molecule has 1 saturated heterocycles. The highest BCUT2D eigenvalue weighted by Gasteiger charge is 2.33. The maximum absolute atomic E-state index is 12.4. The van der Waals surface area contributed by atoms with Gasteiger partial charge in [-0.3, -0.25) is 9.59 Å². The lowest BCUT2D eigenvalue weighted by molar-refractivity contribution is -0.129. The lowest BCUT2D eigenvalue weighted by Crippen LogP contribution is -2.34. The second kappa shape index (κ2) is 6.48. The number of rotatable bonds is 4. The number of hydrogen-bond acceptors (Lipinski definition) is 4. The molecule has 1 N–H and O–H groups in total. The third-order valence-electron chi connectivity index (χ3n) is 4.39. The van der Waals surface area contributed by atoms with Crippen LogP contribution in [0.3, 0.4) is 0 Å². The molecule has 0 radical (unpaired) electrons. The van der Waals surface area contributed by atoms with Crippen LogP contribution in [-0.2, 0) is 9.59 Å². The number of carbonyl (C=O) groups excluding carboxylic acids is 2. The first-order valence-corrected chi connectivity index (χ1v) is 8.06. The fourth-order valence-corrected chi connectivity index (χ4v) is 3.00. The molecule has 124 valence electrons. The van der Waals surface area contributed by atoms with Gasteiger partial charge >= 0.3 is 0 Å². The van der Waals surface area contributed by atoms with Crippen molar-refractivity contribution in [3.05, 3.63) is 23.8 Å². The first-order chi connectivity index (χ1) is 11.1. The van der Waals surface area contributed by atoms with Crippen LogP contribution in [0.5, 0.6) is 11.5 Å². The summed E-state index contributed by atoms with van der Waals surface area (Å²) < 4.78 is 11.1. The Morgan fingerprint density at radius 1 is 1.35 bits per heavy atom. The van der Waals surface area contributed by atoms with Gasteiger partial charge in [-0.25, -0.2) is 0 Å². The molecule has 0 spiro atoms. The van der Waals surface area contributed by atoms with Crippen LogP contribution < -0.4 is 14.8 Å². The van der Waals surface area contributed by atoms with E-state index in [9.17, 15) is 9.59 Å². The molecule has 2 aliphatic rings. The second-order valence-electron chi connectivity index (χ2n) is 5.97. The van der Waals surface area contributed by atoms with Gasteiger partial charge in [-0.1, -0.05) is 6.07 Å². The van der Waals surface area contributed by atoms with E-state index < -0.39 is 0 Å². The molecule has 2 heterocycles. The Hall–Kier alpha value is -2.24. The van der Waals surface area contributed by atoms with Gasteiger partial charge < -0.3 is 19.7 Å². The minimum atomic E-state index is -0.262. The van der Waals surface area contributed by atoms with Crippen molar-refractivity contribution in [3.8, 4) is 11.5 Å². The Kier molecular flexibility index (Phi) is 4.41. The van der Waals surface area contributed by atoms with Crippen LogP contribution in [-0.4, -0.2) is 43.0 Å². The van der Waals surface area contributed by atoms with E-state index in [4.69, 9.17) is 9.47 Å². The third-order valence-corrected chi connectivity index (χ3v) is 4.39. The van der Waals surface area contributed by atoms with Gasteiger partial charge in [0.2, 0.25) is 11.8 Å². The number of hydrogen-bond donors (Lipinski definition) is 1. The molecular formula is C17H22N2O4. The zero-order valence-electron chi connectivity index (χ0n) is 13.5. The first kappa shape index (κ1) is 15.6. The van der Waals surface area contributed by atoms with Gasteiger partial charge in [0.05, 0.1) is 12.0 Å². The molecule has 1 aromatic rings. The normalized spacial score (nSPS) is 21.2. The van der Waals surface area contributed by atoms with E-state index in [1.165, 1.54) is 0 Å². The van der Waals surface area contributed by atoms with Crippen molar-refractivity contribution < 1.29 is 19.1 Å². The molecule has 2 aliphatic heterocycles. The standard InChI is InChI=1S/C17H22N2O4/c1-3-19-10-13(9-16(19)20)17(21)18-11(2)12-4-5-14-15(8-12)23-7-6-22-14/h4-5,8,11,13H,3,6-7,9-10H2,1-2H3,(H,18,21)/t11-,13-/m1/s1. The van der Waals surface area contributed by atoms with Gasteiger partial charge in [0.25, 0.3) is 0 Å². The molecule has 1 aromatic carbocycles. The zero-order chi connectivity index (χ0) is 16.4. The number of amides is 2. The summed E-state index contributed by atoms with van der Waals surface area (Å²) in [6, 6.07) is 5.54. The molecule has 2 amide bonds. The highest BCUT2D eigenvalue weighted by atomic mass is 16.6. The molecule has 0 bridgehead atoms. The van der Waals surface area contributed by atoms with E-state index >= 15 is 0 Å². The van der Waals surface area contributed by atoms with Gasteiger partial charge in [0.15, 0.2) is 11.5 Å². The maximum atomic E-state index is 12.4. The molecule has 6 nitrogen and oxygen atoms in total. The Balaban J connectivity index is 1.64. The zero-order valence-corrected chi connectivity index (χ0v) is 13.5. The Labute approximate surface area is 135 Å². The molecule has 0 unspecified atom stereocenters. The van der Waals surface area contributed by atoms with Crippen molar-refractivity contribution in [2.45, 2.75) is 26.3 Å². The van der Waals surface area contributed by atoms with Crippen LogP contribution in [0.25, 0.3) is 0 Å². The summed E-state index contributed by atoms with van der Waals surface area (Å²) in [6.45, 7) is 6.11. The fourth-order valence-electron chi connectivity index (χ4n) is 3.00. The van der Waals surface area contributed by atoms with Gasteiger partial charge in [-0.2, -0.15) is 0 Å². The number of likely N-dealkylation sites (tertiary alicyclic amines) is 1. The van der Waals surface area contributed by atoms with Crippen LogP contribution in [0.15, 0.2) is 18.2 Å². The molecular weight excluding hydrogens is 296 g/mol. The van der Waals surface area contributed by atoms with Gasteiger partial charge in [-0.15, -0.1) is 0 Å². The summed E-state index contributed by atoms with van der Waals surface area (Å²) >= 11 is 0. The van der Waals surface area contributed by atoms with E-state index in [-0.39, 0.29) is 23.8 Å². The van der Waals surface area contributed by atoms with Crippen molar-refractivity contribution in [3.63, 3.8) is 0 Å². The van der Waals surface area contributed by atoms with Crippen molar-refractivity contribution in [1.82, 2.24) is 10.2 Å². The summed E-state index contributed by atoms with van der Waals surface area (Å²) in [5, 5.41) is 3.00. The van der Waals surface area contributed by atoms with Crippen molar-refractivity contribution >= 4 is 11.8 Å². The van der Waals surface area contributed by atoms with Crippen molar-refractivity contribution in [2.75, 3.05) is 26.3 Å². The monoisotopic (exact) mass is 318 g/mol. The Bertz CT molecular complexity index is 617. The Morgan fingerprint density at radius 2 is 2.09 bits per heavy atom. The minimum Gasteiger partial charge on any atom is -0.486 e. The van der Waals surface area contributed by atoms with E-state index in [1.54, 1.807) is 4.90 Å². The lowest BCUT2D eigenvalue weighted by Gasteiger charge is -2.22. The molecule has 2 atom stereocenters. The average molecular weight is 318 g/mol. The predicted octanol–water partition coefficient (Wildman–Crippen LogP) is 1.50. The van der Waals surface area contributed by atoms with E-state index in [0.717, 1.165) is 11.3 Å². The maximum Gasteiger partial charge on any atom is 0.225 e. The molecule has 0 saturated carbocycles. The topological polar surface area (TPSA) is 67.9 Å². The van der Waals surface area contributed by atoms with Crippen LogP contribution in [0.2, 0.25) is 0 Å². The summed E-state index contributed by atoms with van der Waals surface area (Å²) in [7, 11) is 0. The first-order valence-electron chi connectivity index (χ1n) is 8.06. The summed E-state index contributed by atoms with van der Waals surface area (Å²) in [4.78, 5) is 25.9. The van der Waals surface area contributed by atoms with Gasteiger partial charge in [0.1, 0.15) is 13.2 Å². The van der Waals surface area contributed by atoms with Crippen LogP contribution in [0.1, 0.15) is 31.9 Å². The predicted molar refractivity (Wildman–Crippen MR) is 84.4 cm³/mol. The molecule has 23 heavy (non-hydrogen) atoms.